The third-order valence-electron chi connectivity index (χ3n) is 2.78. The van der Waals surface area contributed by atoms with Crippen LogP contribution in [0.15, 0.2) is 24.3 Å². The van der Waals surface area contributed by atoms with Crippen LogP contribution in [0.2, 0.25) is 0 Å². The fourth-order valence-electron chi connectivity index (χ4n) is 1.80. The lowest BCUT2D eigenvalue weighted by atomic mass is 10.1. The molecule has 0 heterocycles. The molecule has 0 aliphatic rings. The molecule has 0 saturated heterocycles. The Balaban J connectivity index is 2.58. The average molecular weight is 278 g/mol. The Morgan fingerprint density at radius 2 is 1.90 bits per heavy atom. The Bertz CT molecular complexity index is 430. The van der Waals surface area contributed by atoms with Crippen molar-refractivity contribution < 1.29 is 9.53 Å². The van der Waals surface area contributed by atoms with E-state index in [-0.39, 0.29) is 18.1 Å². The quantitative estimate of drug-likeness (QED) is 0.806. The standard InChI is InChI=1S/C16H26N2O2/c1-11(2)17-10-16(19)18-13(5)14-7-6-8-15(9-14)20-12(3)4/h6-9,11-13,17H,10H2,1-5H3,(H,18,19). The number of rotatable bonds is 7. The molecule has 112 valence electrons. The molecule has 1 atom stereocenters. The summed E-state index contributed by atoms with van der Waals surface area (Å²) in [5.74, 6) is 0.834. The summed E-state index contributed by atoms with van der Waals surface area (Å²) in [6.45, 7) is 10.3. The first-order valence-electron chi connectivity index (χ1n) is 7.18. The summed E-state index contributed by atoms with van der Waals surface area (Å²) < 4.78 is 5.66. The van der Waals surface area contributed by atoms with Gasteiger partial charge in [-0.15, -0.1) is 0 Å². The van der Waals surface area contributed by atoms with E-state index in [9.17, 15) is 4.79 Å². The van der Waals surface area contributed by atoms with E-state index < -0.39 is 0 Å². The van der Waals surface area contributed by atoms with Crippen molar-refractivity contribution in [2.45, 2.75) is 52.8 Å². The Morgan fingerprint density at radius 3 is 2.50 bits per heavy atom. The summed E-state index contributed by atoms with van der Waals surface area (Å²) in [4.78, 5) is 11.8. The predicted molar refractivity (Wildman–Crippen MR) is 81.9 cm³/mol. The molecule has 0 fully saturated rings. The molecule has 1 rings (SSSR count). The highest BCUT2D eigenvalue weighted by molar-refractivity contribution is 5.78. The molecule has 0 saturated carbocycles. The molecule has 0 bridgehead atoms. The van der Waals surface area contributed by atoms with Gasteiger partial charge in [-0.2, -0.15) is 0 Å². The smallest absolute Gasteiger partial charge is 0.234 e. The third-order valence-corrected chi connectivity index (χ3v) is 2.78. The molecule has 1 amide bonds. The van der Waals surface area contributed by atoms with E-state index in [4.69, 9.17) is 4.74 Å². The second-order valence-corrected chi connectivity index (χ2v) is 5.56. The molecule has 0 spiro atoms. The lowest BCUT2D eigenvalue weighted by Crippen LogP contribution is -2.37. The molecule has 2 N–H and O–H groups in total. The largest absolute Gasteiger partial charge is 0.491 e. The molecule has 0 aliphatic heterocycles. The molecule has 1 unspecified atom stereocenters. The van der Waals surface area contributed by atoms with Crippen LogP contribution in [-0.2, 0) is 4.79 Å². The Morgan fingerprint density at radius 1 is 1.20 bits per heavy atom. The lowest BCUT2D eigenvalue weighted by Gasteiger charge is -2.17. The van der Waals surface area contributed by atoms with Gasteiger partial charge in [-0.1, -0.05) is 26.0 Å². The summed E-state index contributed by atoms with van der Waals surface area (Å²) in [5.41, 5.74) is 1.04. The van der Waals surface area contributed by atoms with Crippen LogP contribution in [0.5, 0.6) is 5.75 Å². The maximum absolute atomic E-state index is 11.8. The fraction of sp³-hybridized carbons (Fsp3) is 0.562. The second kappa shape index (κ2) is 7.90. The van der Waals surface area contributed by atoms with E-state index in [1.807, 2.05) is 58.9 Å². The number of benzene rings is 1. The minimum absolute atomic E-state index is 0.00128. The van der Waals surface area contributed by atoms with Gasteiger partial charge in [0.15, 0.2) is 0 Å². The fourth-order valence-corrected chi connectivity index (χ4v) is 1.80. The molecule has 1 aromatic carbocycles. The topological polar surface area (TPSA) is 50.4 Å². The SMILES string of the molecule is CC(C)NCC(=O)NC(C)c1cccc(OC(C)C)c1. The molecule has 4 nitrogen and oxygen atoms in total. The van der Waals surface area contributed by atoms with Gasteiger partial charge in [0.05, 0.1) is 18.7 Å². The van der Waals surface area contributed by atoms with E-state index in [2.05, 4.69) is 10.6 Å². The number of amides is 1. The van der Waals surface area contributed by atoms with Crippen LogP contribution in [-0.4, -0.2) is 24.6 Å². The van der Waals surface area contributed by atoms with Gasteiger partial charge in [-0.3, -0.25) is 4.79 Å². The summed E-state index contributed by atoms with van der Waals surface area (Å²) in [6.07, 6.45) is 0.144. The highest BCUT2D eigenvalue weighted by atomic mass is 16.5. The monoisotopic (exact) mass is 278 g/mol. The molecule has 20 heavy (non-hydrogen) atoms. The normalized spacial score (nSPS) is 12.6. The van der Waals surface area contributed by atoms with Crippen molar-refractivity contribution in [2.75, 3.05) is 6.54 Å². The van der Waals surface area contributed by atoms with Gasteiger partial charge in [-0.25, -0.2) is 0 Å². The molecular formula is C16H26N2O2. The van der Waals surface area contributed by atoms with E-state index in [1.54, 1.807) is 0 Å². The first-order valence-corrected chi connectivity index (χ1v) is 7.18. The van der Waals surface area contributed by atoms with Crippen molar-refractivity contribution in [3.8, 4) is 5.75 Å². The zero-order chi connectivity index (χ0) is 15.1. The Kier molecular flexibility index (Phi) is 6.52. The number of ether oxygens (including phenoxy) is 1. The zero-order valence-electron chi connectivity index (χ0n) is 13.1. The molecule has 0 aliphatic carbocycles. The van der Waals surface area contributed by atoms with E-state index in [1.165, 1.54) is 0 Å². The van der Waals surface area contributed by atoms with E-state index in [0.717, 1.165) is 11.3 Å². The van der Waals surface area contributed by atoms with Crippen molar-refractivity contribution in [1.29, 1.82) is 0 Å². The second-order valence-electron chi connectivity index (χ2n) is 5.56. The predicted octanol–water partition coefficient (Wildman–Crippen LogP) is 2.65. The highest BCUT2D eigenvalue weighted by Gasteiger charge is 2.10. The van der Waals surface area contributed by atoms with Crippen LogP contribution in [0.4, 0.5) is 0 Å². The third kappa shape index (κ3) is 6.06. The number of carbonyl (C=O) groups is 1. The Hall–Kier alpha value is -1.55. The van der Waals surface area contributed by atoms with E-state index >= 15 is 0 Å². The van der Waals surface area contributed by atoms with Crippen LogP contribution < -0.4 is 15.4 Å². The maximum atomic E-state index is 11.8. The lowest BCUT2D eigenvalue weighted by molar-refractivity contribution is -0.121. The molecule has 0 aromatic heterocycles. The van der Waals surface area contributed by atoms with Crippen molar-refractivity contribution in [1.82, 2.24) is 10.6 Å². The van der Waals surface area contributed by atoms with Crippen molar-refractivity contribution in [2.24, 2.45) is 0 Å². The molecule has 4 heteroatoms. The van der Waals surface area contributed by atoms with Gasteiger partial charge < -0.3 is 15.4 Å². The van der Waals surface area contributed by atoms with Crippen LogP contribution in [0.25, 0.3) is 0 Å². The number of nitrogens with one attached hydrogen (secondary N) is 2. The zero-order valence-corrected chi connectivity index (χ0v) is 13.1. The average Bonchev–Trinajstić information content (AvgIpc) is 2.36. The van der Waals surface area contributed by atoms with Gasteiger partial charge in [0.1, 0.15) is 5.75 Å². The van der Waals surface area contributed by atoms with Gasteiger partial charge in [0.2, 0.25) is 5.91 Å². The minimum Gasteiger partial charge on any atom is -0.491 e. The first-order chi connectivity index (χ1) is 9.38. The maximum Gasteiger partial charge on any atom is 0.234 e. The van der Waals surface area contributed by atoms with Gasteiger partial charge in [0.25, 0.3) is 0 Å². The van der Waals surface area contributed by atoms with Crippen molar-refractivity contribution >= 4 is 5.91 Å². The number of hydrogen-bond donors (Lipinski definition) is 2. The van der Waals surface area contributed by atoms with Gasteiger partial charge >= 0.3 is 0 Å². The number of hydrogen-bond acceptors (Lipinski definition) is 3. The van der Waals surface area contributed by atoms with Crippen LogP contribution >= 0.6 is 0 Å². The van der Waals surface area contributed by atoms with E-state index in [0.29, 0.717) is 12.6 Å². The van der Waals surface area contributed by atoms with Crippen molar-refractivity contribution in [3.63, 3.8) is 0 Å². The summed E-state index contributed by atoms with van der Waals surface area (Å²) in [7, 11) is 0. The van der Waals surface area contributed by atoms with Gasteiger partial charge in [-0.05, 0) is 38.5 Å². The summed E-state index contributed by atoms with van der Waals surface area (Å²) >= 11 is 0. The molecule has 0 radical (unpaired) electrons. The first kappa shape index (κ1) is 16.5. The Labute approximate surface area is 121 Å². The molecule has 1 aromatic rings. The van der Waals surface area contributed by atoms with Gasteiger partial charge in [0, 0.05) is 6.04 Å². The summed E-state index contributed by atoms with van der Waals surface area (Å²) in [5, 5.41) is 6.08. The number of carbonyl (C=O) groups excluding carboxylic acids is 1. The molecular weight excluding hydrogens is 252 g/mol. The van der Waals surface area contributed by atoms with Crippen molar-refractivity contribution in [3.05, 3.63) is 29.8 Å². The highest BCUT2D eigenvalue weighted by Crippen LogP contribution is 2.19. The minimum atomic E-state index is -0.0350. The van der Waals surface area contributed by atoms with Crippen LogP contribution in [0.3, 0.4) is 0 Å². The summed E-state index contributed by atoms with van der Waals surface area (Å²) in [6, 6.07) is 8.11. The van der Waals surface area contributed by atoms with Crippen LogP contribution in [0, 0.1) is 0 Å². The van der Waals surface area contributed by atoms with Crippen LogP contribution in [0.1, 0.15) is 46.2 Å².